The molecule has 2 heteroatoms. The van der Waals surface area contributed by atoms with E-state index in [1.165, 1.54) is 15.3 Å². The largest absolute Gasteiger partial charge is 0.323 e. The molecule has 0 aliphatic rings. The zero-order valence-corrected chi connectivity index (χ0v) is 8.87. The Hall–Kier alpha value is -0.340. The SMILES string of the molecule is CCCC(N)c1cc(C)c(C)s1. The van der Waals surface area contributed by atoms with Crippen LogP contribution in [0.4, 0.5) is 0 Å². The quantitative estimate of drug-likeness (QED) is 0.765. The van der Waals surface area contributed by atoms with Crippen LogP contribution in [0.15, 0.2) is 6.07 Å². The Kier molecular flexibility index (Phi) is 3.29. The van der Waals surface area contributed by atoms with Crippen LogP contribution in [0.3, 0.4) is 0 Å². The summed E-state index contributed by atoms with van der Waals surface area (Å²) in [7, 11) is 0. The Morgan fingerprint density at radius 2 is 2.17 bits per heavy atom. The molecule has 0 saturated carbocycles. The van der Waals surface area contributed by atoms with E-state index in [9.17, 15) is 0 Å². The molecule has 0 aliphatic heterocycles. The molecule has 0 fully saturated rings. The second-order valence-corrected chi connectivity index (χ2v) is 4.57. The van der Waals surface area contributed by atoms with Crippen molar-refractivity contribution in [1.29, 1.82) is 0 Å². The first kappa shape index (κ1) is 9.75. The molecular weight excluding hydrogens is 166 g/mol. The summed E-state index contributed by atoms with van der Waals surface area (Å²) in [5.41, 5.74) is 7.37. The second kappa shape index (κ2) is 4.06. The minimum atomic E-state index is 0.257. The molecule has 0 spiro atoms. The zero-order valence-electron chi connectivity index (χ0n) is 8.05. The van der Waals surface area contributed by atoms with Gasteiger partial charge in [-0.2, -0.15) is 0 Å². The maximum absolute atomic E-state index is 6.00. The van der Waals surface area contributed by atoms with E-state index in [4.69, 9.17) is 5.73 Å². The summed E-state index contributed by atoms with van der Waals surface area (Å²) in [6.07, 6.45) is 2.26. The van der Waals surface area contributed by atoms with Gasteiger partial charge in [0.1, 0.15) is 0 Å². The Balaban J connectivity index is 2.74. The highest BCUT2D eigenvalue weighted by molar-refractivity contribution is 7.12. The average Bonchev–Trinajstić information content (AvgIpc) is 2.33. The summed E-state index contributed by atoms with van der Waals surface area (Å²) < 4.78 is 0. The lowest BCUT2D eigenvalue weighted by Gasteiger charge is -2.05. The third-order valence-electron chi connectivity index (χ3n) is 2.15. The molecule has 1 nitrogen and oxygen atoms in total. The molecule has 0 saturated heterocycles. The summed E-state index contributed by atoms with van der Waals surface area (Å²) in [4.78, 5) is 2.74. The molecule has 2 N–H and O–H groups in total. The van der Waals surface area contributed by atoms with Crippen molar-refractivity contribution < 1.29 is 0 Å². The summed E-state index contributed by atoms with van der Waals surface area (Å²) >= 11 is 1.84. The summed E-state index contributed by atoms with van der Waals surface area (Å²) in [6.45, 7) is 6.48. The molecule has 1 rings (SSSR count). The minimum absolute atomic E-state index is 0.257. The normalized spacial score (nSPS) is 13.3. The van der Waals surface area contributed by atoms with Gasteiger partial charge in [0, 0.05) is 15.8 Å². The van der Waals surface area contributed by atoms with Crippen molar-refractivity contribution in [3.8, 4) is 0 Å². The van der Waals surface area contributed by atoms with Gasteiger partial charge in [-0.3, -0.25) is 0 Å². The van der Waals surface area contributed by atoms with Crippen molar-refractivity contribution >= 4 is 11.3 Å². The van der Waals surface area contributed by atoms with Crippen LogP contribution in [-0.2, 0) is 0 Å². The van der Waals surface area contributed by atoms with Gasteiger partial charge in [-0.15, -0.1) is 11.3 Å². The second-order valence-electron chi connectivity index (χ2n) is 3.28. The lowest BCUT2D eigenvalue weighted by Crippen LogP contribution is -2.07. The first-order valence-corrected chi connectivity index (χ1v) is 5.29. The van der Waals surface area contributed by atoms with E-state index < -0.39 is 0 Å². The van der Waals surface area contributed by atoms with Gasteiger partial charge < -0.3 is 5.73 Å². The number of aryl methyl sites for hydroxylation is 2. The molecule has 1 atom stereocenters. The highest BCUT2D eigenvalue weighted by atomic mass is 32.1. The van der Waals surface area contributed by atoms with Crippen LogP contribution in [0, 0.1) is 13.8 Å². The maximum Gasteiger partial charge on any atom is 0.0389 e. The number of hydrogen-bond donors (Lipinski definition) is 1. The lowest BCUT2D eigenvalue weighted by molar-refractivity contribution is 0.648. The fourth-order valence-electron chi connectivity index (χ4n) is 1.24. The first-order chi connectivity index (χ1) is 5.65. The molecule has 0 bridgehead atoms. The highest BCUT2D eigenvalue weighted by Crippen LogP contribution is 2.27. The van der Waals surface area contributed by atoms with Crippen molar-refractivity contribution in [3.63, 3.8) is 0 Å². The predicted octanol–water partition coefficient (Wildman–Crippen LogP) is 3.16. The number of nitrogens with two attached hydrogens (primary N) is 1. The topological polar surface area (TPSA) is 26.0 Å². The van der Waals surface area contributed by atoms with E-state index in [0.717, 1.165) is 12.8 Å². The molecule has 68 valence electrons. The molecule has 1 unspecified atom stereocenters. The summed E-state index contributed by atoms with van der Waals surface area (Å²) in [5.74, 6) is 0. The van der Waals surface area contributed by atoms with Crippen LogP contribution in [0.2, 0.25) is 0 Å². The van der Waals surface area contributed by atoms with Crippen molar-refractivity contribution in [3.05, 3.63) is 21.4 Å². The van der Waals surface area contributed by atoms with E-state index in [-0.39, 0.29) is 6.04 Å². The summed E-state index contributed by atoms with van der Waals surface area (Å²) in [6, 6.07) is 2.48. The molecular formula is C10H17NS. The van der Waals surface area contributed by atoms with Gasteiger partial charge >= 0.3 is 0 Å². The molecule has 1 aromatic heterocycles. The van der Waals surface area contributed by atoms with Crippen LogP contribution in [-0.4, -0.2) is 0 Å². The maximum atomic E-state index is 6.00. The van der Waals surface area contributed by atoms with Crippen molar-refractivity contribution in [1.82, 2.24) is 0 Å². The lowest BCUT2D eigenvalue weighted by atomic mass is 10.1. The van der Waals surface area contributed by atoms with Gasteiger partial charge in [0.05, 0.1) is 0 Å². The minimum Gasteiger partial charge on any atom is -0.323 e. The third-order valence-corrected chi connectivity index (χ3v) is 3.43. The molecule has 0 aromatic carbocycles. The van der Waals surface area contributed by atoms with Crippen molar-refractivity contribution in [2.24, 2.45) is 5.73 Å². The Morgan fingerprint density at radius 3 is 2.58 bits per heavy atom. The predicted molar refractivity (Wildman–Crippen MR) is 55.6 cm³/mol. The van der Waals surface area contributed by atoms with Gasteiger partial charge in [0.2, 0.25) is 0 Å². The fraction of sp³-hybridized carbons (Fsp3) is 0.600. The van der Waals surface area contributed by atoms with E-state index in [1.54, 1.807) is 0 Å². The van der Waals surface area contributed by atoms with E-state index in [1.807, 2.05) is 11.3 Å². The molecule has 0 radical (unpaired) electrons. The van der Waals surface area contributed by atoms with E-state index >= 15 is 0 Å². The first-order valence-electron chi connectivity index (χ1n) is 4.47. The van der Waals surface area contributed by atoms with Gasteiger partial charge in [-0.05, 0) is 31.9 Å². The Labute approximate surface area is 78.6 Å². The monoisotopic (exact) mass is 183 g/mol. The molecule has 0 amide bonds. The van der Waals surface area contributed by atoms with Crippen molar-refractivity contribution in [2.75, 3.05) is 0 Å². The average molecular weight is 183 g/mol. The van der Waals surface area contributed by atoms with Gasteiger partial charge in [-0.1, -0.05) is 13.3 Å². The standard InChI is InChI=1S/C10H17NS/c1-4-5-9(11)10-6-7(2)8(3)12-10/h6,9H,4-5,11H2,1-3H3. The number of thiophene rings is 1. The number of rotatable bonds is 3. The van der Waals surface area contributed by atoms with Crippen molar-refractivity contribution in [2.45, 2.75) is 39.7 Å². The molecule has 12 heavy (non-hydrogen) atoms. The fourth-order valence-corrected chi connectivity index (χ4v) is 2.32. The van der Waals surface area contributed by atoms with Crippen LogP contribution >= 0.6 is 11.3 Å². The third kappa shape index (κ3) is 2.08. The van der Waals surface area contributed by atoms with Crippen LogP contribution in [0.5, 0.6) is 0 Å². The van der Waals surface area contributed by atoms with Crippen LogP contribution < -0.4 is 5.73 Å². The molecule has 0 aliphatic carbocycles. The zero-order chi connectivity index (χ0) is 9.14. The van der Waals surface area contributed by atoms with Gasteiger partial charge in [0.25, 0.3) is 0 Å². The van der Waals surface area contributed by atoms with E-state index in [0.29, 0.717) is 0 Å². The highest BCUT2D eigenvalue weighted by Gasteiger charge is 2.08. The summed E-state index contributed by atoms with van der Waals surface area (Å²) in [5, 5.41) is 0. The number of hydrogen-bond acceptors (Lipinski definition) is 2. The molecule has 1 aromatic rings. The van der Waals surface area contributed by atoms with Crippen LogP contribution in [0.25, 0.3) is 0 Å². The Morgan fingerprint density at radius 1 is 1.50 bits per heavy atom. The van der Waals surface area contributed by atoms with Crippen LogP contribution in [0.1, 0.15) is 41.1 Å². The Bertz CT molecular complexity index is 233. The smallest absolute Gasteiger partial charge is 0.0389 e. The van der Waals surface area contributed by atoms with Gasteiger partial charge in [0.15, 0.2) is 0 Å². The van der Waals surface area contributed by atoms with Gasteiger partial charge in [-0.25, -0.2) is 0 Å². The molecule has 1 heterocycles. The van der Waals surface area contributed by atoms with E-state index in [2.05, 4.69) is 26.8 Å².